The first-order valence-electron chi connectivity index (χ1n) is 25.1. The van der Waals surface area contributed by atoms with Crippen LogP contribution < -0.4 is 26.3 Å². The SMILES string of the molecule is COC(=O)N[C@H](C(=O)N[C@@H](Cc1ccc(C#Cc2ccc(N3CC4CC(CN(C(C)=O)C4)C3)nc2)cc1)[C@@H](O)CN(Cc1c(F)cc(-c2cnn(C(F)F)c2)cc1F)NC(=O)[C@@H](NC(=O)OC)C(C)(C)C(F)(F)F)C(C)(C)C(F)(F)F. The van der Waals surface area contributed by atoms with Gasteiger partial charge in [0.2, 0.25) is 11.8 Å². The van der Waals surface area contributed by atoms with Gasteiger partial charge in [0.05, 0.1) is 43.4 Å². The smallest absolute Gasteiger partial charge is 0.407 e. The highest BCUT2D eigenvalue weighted by Gasteiger charge is 2.57. The van der Waals surface area contributed by atoms with Crippen molar-refractivity contribution in [3.05, 3.63) is 101 Å². The van der Waals surface area contributed by atoms with Crippen molar-refractivity contribution in [3.63, 3.8) is 0 Å². The highest BCUT2D eigenvalue weighted by Crippen LogP contribution is 2.42. The molecule has 2 unspecified atom stereocenters. The van der Waals surface area contributed by atoms with E-state index in [-0.39, 0.29) is 27.3 Å². The number of aromatic nitrogens is 3. The molecule has 28 heteroatoms. The number of aliphatic hydroxyl groups is 1. The van der Waals surface area contributed by atoms with Crippen LogP contribution in [0.25, 0.3) is 11.1 Å². The monoisotopic (exact) mass is 1150 g/mol. The highest BCUT2D eigenvalue weighted by atomic mass is 19.4. The number of pyridine rings is 1. The fourth-order valence-corrected chi connectivity index (χ4v) is 9.30. The number of carbonyl (C=O) groups excluding carboxylic acids is 5. The molecule has 0 saturated carbocycles. The Morgan fingerprint density at radius 1 is 0.753 bits per heavy atom. The van der Waals surface area contributed by atoms with E-state index >= 15 is 8.78 Å². The Morgan fingerprint density at radius 3 is 1.77 bits per heavy atom. The van der Waals surface area contributed by atoms with Gasteiger partial charge in [0.1, 0.15) is 29.5 Å². The Morgan fingerprint density at radius 2 is 1.28 bits per heavy atom. The van der Waals surface area contributed by atoms with Gasteiger partial charge in [-0.3, -0.25) is 19.8 Å². The summed E-state index contributed by atoms with van der Waals surface area (Å²) in [6, 6.07) is 4.17. The summed E-state index contributed by atoms with van der Waals surface area (Å²) in [4.78, 5) is 73.5. The molecule has 2 aromatic heterocycles. The Balaban J connectivity index is 1.32. The molecule has 4 heterocycles. The number of ether oxygens (including phenoxy) is 2. The molecule has 2 fully saturated rings. The first-order valence-corrected chi connectivity index (χ1v) is 25.1. The summed E-state index contributed by atoms with van der Waals surface area (Å²) in [5.41, 5.74) is -4.33. The van der Waals surface area contributed by atoms with Gasteiger partial charge in [-0.15, -0.1) is 0 Å². The lowest BCUT2D eigenvalue weighted by molar-refractivity contribution is -0.221. The van der Waals surface area contributed by atoms with Gasteiger partial charge in [-0.1, -0.05) is 24.0 Å². The quantitative estimate of drug-likeness (QED) is 0.0393. The van der Waals surface area contributed by atoms with Crippen LogP contribution in [-0.2, 0) is 36.8 Å². The van der Waals surface area contributed by atoms with Crippen molar-refractivity contribution >= 4 is 35.7 Å². The van der Waals surface area contributed by atoms with Gasteiger partial charge < -0.3 is 40.3 Å². The zero-order valence-electron chi connectivity index (χ0n) is 44.8. The minimum absolute atomic E-state index is 0.0488. The summed E-state index contributed by atoms with van der Waals surface area (Å²) in [6.07, 6.45) is -11.8. The Bertz CT molecular complexity index is 2930. The van der Waals surface area contributed by atoms with E-state index in [2.05, 4.69) is 41.6 Å². The van der Waals surface area contributed by atoms with Crippen LogP contribution in [0.4, 0.5) is 59.3 Å². The molecule has 4 aromatic rings. The van der Waals surface area contributed by atoms with Crippen LogP contribution in [0, 0.1) is 46.1 Å². The zero-order chi connectivity index (χ0) is 59.9. The van der Waals surface area contributed by atoms with E-state index in [1.54, 1.807) is 24.5 Å². The molecule has 2 aromatic carbocycles. The average Bonchev–Trinajstić information content (AvgIpc) is 3.90. The number of likely N-dealkylation sites (tertiary alicyclic amines) is 1. The van der Waals surface area contributed by atoms with Gasteiger partial charge in [-0.2, -0.15) is 40.2 Å². The number of carbonyl (C=O) groups is 5. The standard InChI is InChI=1S/C53H60F10N10O8/c1-29(74)70-22-33-16-34(23-70)25-71(24-33)42-15-14-32(20-64-42)13-10-30-8-11-31(12-9-30)17-40(66-45(76)43(67-48(78)80-6)50(2,3)52(58,59)60)41(75)28-72(69-46(77)44(68-49(79)81-7)51(4,5)53(61,62)63)27-37-38(54)18-35(19-39(37)55)36-21-65-73(26-36)47(56)57/h8-9,11-12,14-15,18-21,26,33-34,40-41,43-44,47,75H,16-17,22-25,27-28H2,1-7H3,(H,66,76)(H,67,78)(H,68,79)(H,69,77)/t33?,34?,40-,41-,43+,44+/m0/s1. The van der Waals surface area contributed by atoms with Crippen molar-refractivity contribution < 1.29 is 82.5 Å². The zero-order valence-corrected chi connectivity index (χ0v) is 44.8. The molecular formula is C53H60F10N10O8. The number of nitrogens with one attached hydrogen (secondary N) is 4. The predicted octanol–water partition coefficient (Wildman–Crippen LogP) is 6.87. The van der Waals surface area contributed by atoms with E-state index in [4.69, 9.17) is 0 Å². The number of hydrogen-bond acceptors (Lipinski definition) is 12. The molecule has 440 valence electrons. The molecule has 6 atom stereocenters. The lowest BCUT2D eigenvalue weighted by atomic mass is 9.82. The third-order valence-electron chi connectivity index (χ3n) is 14.3. The molecule has 2 saturated heterocycles. The number of anilines is 1. The number of hydrogen-bond donors (Lipinski definition) is 5. The van der Waals surface area contributed by atoms with E-state index < -0.39 is 115 Å². The lowest BCUT2D eigenvalue weighted by Gasteiger charge is -2.46. The fourth-order valence-electron chi connectivity index (χ4n) is 9.30. The number of fused-ring (bicyclic) bond motifs is 2. The molecule has 81 heavy (non-hydrogen) atoms. The number of rotatable bonds is 18. The Hall–Kier alpha value is -7.67. The molecule has 18 nitrogen and oxygen atoms in total. The number of hydrazine groups is 1. The van der Waals surface area contributed by atoms with Crippen molar-refractivity contribution in [1.82, 2.24) is 46.0 Å². The summed E-state index contributed by atoms with van der Waals surface area (Å²) < 4.78 is 155. The van der Waals surface area contributed by atoms with E-state index in [9.17, 15) is 64.2 Å². The van der Waals surface area contributed by atoms with Gasteiger partial charge in [-0.25, -0.2) is 33.0 Å². The second-order valence-corrected chi connectivity index (χ2v) is 20.9. The van der Waals surface area contributed by atoms with Crippen LogP contribution in [0.5, 0.6) is 0 Å². The summed E-state index contributed by atoms with van der Waals surface area (Å²) in [7, 11) is 1.59. The van der Waals surface area contributed by atoms with Crippen LogP contribution in [0.1, 0.15) is 69.8 Å². The molecule has 2 bridgehead atoms. The number of benzene rings is 2. The molecular weight excluding hydrogens is 1090 g/mol. The van der Waals surface area contributed by atoms with Crippen molar-refractivity contribution in [2.75, 3.05) is 51.8 Å². The maximum Gasteiger partial charge on any atom is 0.407 e. The third kappa shape index (κ3) is 15.4. The van der Waals surface area contributed by atoms with Crippen LogP contribution in [-0.4, -0.2) is 143 Å². The molecule has 6 rings (SSSR count). The van der Waals surface area contributed by atoms with Crippen LogP contribution in [0.3, 0.4) is 0 Å². The maximum atomic E-state index is 16.0. The number of piperidine rings is 2. The second kappa shape index (κ2) is 25.4. The number of aliphatic hydroxyl groups excluding tert-OH is 1. The van der Waals surface area contributed by atoms with Gasteiger partial charge in [0.25, 0.3) is 5.91 Å². The number of alkyl carbamates (subject to hydrolysis) is 2. The van der Waals surface area contributed by atoms with Crippen LogP contribution in [0.2, 0.25) is 0 Å². The summed E-state index contributed by atoms with van der Waals surface area (Å²) in [5, 5.41) is 21.9. The fraction of sp³-hybridized carbons (Fsp3) is 0.491. The molecule has 0 aliphatic carbocycles. The normalized spacial score (nSPS) is 17.3. The average molecular weight is 1160 g/mol. The predicted molar refractivity (Wildman–Crippen MR) is 270 cm³/mol. The van der Waals surface area contributed by atoms with Crippen LogP contribution >= 0.6 is 0 Å². The molecule has 5 N–H and O–H groups in total. The molecule has 2 aliphatic rings. The van der Waals surface area contributed by atoms with Crippen molar-refractivity contribution in [2.45, 2.75) is 97.1 Å². The van der Waals surface area contributed by atoms with E-state index in [1.165, 1.54) is 24.3 Å². The molecule has 0 spiro atoms. The highest BCUT2D eigenvalue weighted by molar-refractivity contribution is 5.87. The van der Waals surface area contributed by atoms with E-state index in [1.807, 2.05) is 21.7 Å². The number of methoxy groups -OCH3 is 2. The first kappa shape index (κ1) is 62.5. The number of alkyl halides is 8. The second-order valence-electron chi connectivity index (χ2n) is 20.9. The molecule has 2 aliphatic heterocycles. The summed E-state index contributed by atoms with van der Waals surface area (Å²) >= 11 is 0. The van der Waals surface area contributed by atoms with Gasteiger partial charge >= 0.3 is 31.1 Å². The van der Waals surface area contributed by atoms with Crippen LogP contribution in [0.15, 0.2) is 67.1 Å². The van der Waals surface area contributed by atoms with Crippen molar-refractivity contribution in [3.8, 4) is 23.0 Å². The Labute approximate surface area is 458 Å². The minimum Gasteiger partial charge on any atom is -0.453 e. The third-order valence-corrected chi connectivity index (χ3v) is 14.3. The number of amides is 5. The lowest BCUT2D eigenvalue weighted by Crippen LogP contribution is -2.63. The molecule has 5 amide bonds. The van der Waals surface area contributed by atoms with Crippen molar-refractivity contribution in [1.29, 1.82) is 0 Å². The number of nitrogens with zero attached hydrogens (tertiary/aromatic N) is 6. The molecule has 0 radical (unpaired) electrons. The minimum atomic E-state index is -5.24. The first-order chi connectivity index (χ1) is 37.8. The summed E-state index contributed by atoms with van der Waals surface area (Å²) in [5.74, 6) is 1.32. The maximum absolute atomic E-state index is 16.0. The largest absolute Gasteiger partial charge is 0.453 e. The van der Waals surface area contributed by atoms with Gasteiger partial charge in [0, 0.05) is 80.8 Å². The summed E-state index contributed by atoms with van der Waals surface area (Å²) in [6.45, 7) is 1.22. The van der Waals surface area contributed by atoms with Crippen molar-refractivity contribution in [2.24, 2.45) is 22.7 Å². The topological polar surface area (TPSA) is 213 Å². The number of halogens is 10. The van der Waals surface area contributed by atoms with E-state index in [0.29, 0.717) is 80.9 Å². The Kier molecular flexibility index (Phi) is 19.6. The van der Waals surface area contributed by atoms with Gasteiger partial charge in [0.15, 0.2) is 0 Å². The van der Waals surface area contributed by atoms with E-state index in [0.717, 1.165) is 51.9 Å². The van der Waals surface area contributed by atoms with Gasteiger partial charge in [-0.05, 0) is 99.9 Å².